The number of nitrogens with zero attached hydrogens (tertiary/aromatic N) is 3. The molecule has 4 nitrogen and oxygen atoms in total. The van der Waals surface area contributed by atoms with Gasteiger partial charge in [-0.25, -0.2) is 4.79 Å². The van der Waals surface area contributed by atoms with Gasteiger partial charge >= 0.3 is 6.03 Å². The third-order valence-electron chi connectivity index (χ3n) is 3.23. The van der Waals surface area contributed by atoms with Crippen molar-refractivity contribution in [2.45, 2.75) is 45.1 Å². The summed E-state index contributed by atoms with van der Waals surface area (Å²) in [6.07, 6.45) is 5.05. The highest BCUT2D eigenvalue weighted by Crippen LogP contribution is 2.13. The van der Waals surface area contributed by atoms with Crippen LogP contribution in [-0.2, 0) is 0 Å². The van der Waals surface area contributed by atoms with E-state index in [1.165, 1.54) is 12.8 Å². The van der Waals surface area contributed by atoms with Gasteiger partial charge in [0.05, 0.1) is 12.5 Å². The first-order chi connectivity index (χ1) is 7.66. The minimum atomic E-state index is 0.000697. The quantitative estimate of drug-likeness (QED) is 0.720. The van der Waals surface area contributed by atoms with Crippen molar-refractivity contribution in [3.05, 3.63) is 0 Å². The zero-order chi connectivity index (χ0) is 12.0. The summed E-state index contributed by atoms with van der Waals surface area (Å²) in [4.78, 5) is 15.7. The van der Waals surface area contributed by atoms with Crippen molar-refractivity contribution in [1.29, 1.82) is 5.26 Å². The van der Waals surface area contributed by atoms with Crippen LogP contribution < -0.4 is 0 Å². The van der Waals surface area contributed by atoms with E-state index in [-0.39, 0.29) is 12.1 Å². The lowest BCUT2D eigenvalue weighted by atomic mass is 10.2. The van der Waals surface area contributed by atoms with Crippen molar-refractivity contribution in [3.8, 4) is 6.07 Å². The molecule has 4 heteroatoms. The molecule has 0 N–H and O–H groups in total. The highest BCUT2D eigenvalue weighted by Gasteiger charge is 2.22. The van der Waals surface area contributed by atoms with Crippen LogP contribution in [0.4, 0.5) is 4.79 Å². The summed E-state index contributed by atoms with van der Waals surface area (Å²) in [6.45, 7) is 3.64. The minimum absolute atomic E-state index is 0.000697. The number of likely N-dealkylation sites (tertiary alicyclic amines) is 1. The standard InChI is InChI=1S/C12H21N3O/c1-11(7-8-13)14(2)12(16)15-9-5-3-4-6-10-15/h11H,3-7,9-10H2,1-2H3. The number of carbonyl (C=O) groups excluding carboxylic acids is 1. The molecule has 1 unspecified atom stereocenters. The number of carbonyl (C=O) groups is 1. The van der Waals surface area contributed by atoms with E-state index in [0.717, 1.165) is 25.9 Å². The normalized spacial score (nSPS) is 18.4. The fourth-order valence-electron chi connectivity index (χ4n) is 1.94. The predicted molar refractivity (Wildman–Crippen MR) is 62.9 cm³/mol. The fraction of sp³-hybridized carbons (Fsp3) is 0.833. The van der Waals surface area contributed by atoms with Crippen molar-refractivity contribution >= 4 is 6.03 Å². The van der Waals surface area contributed by atoms with Crippen LogP contribution in [0.15, 0.2) is 0 Å². The molecule has 90 valence electrons. The summed E-state index contributed by atoms with van der Waals surface area (Å²) in [7, 11) is 1.79. The maximum absolute atomic E-state index is 12.1. The van der Waals surface area contributed by atoms with E-state index < -0.39 is 0 Å². The van der Waals surface area contributed by atoms with Crippen LogP contribution in [0.3, 0.4) is 0 Å². The number of amides is 2. The van der Waals surface area contributed by atoms with Gasteiger partial charge in [0.25, 0.3) is 0 Å². The van der Waals surface area contributed by atoms with Crippen molar-refractivity contribution in [2.24, 2.45) is 0 Å². The smallest absolute Gasteiger partial charge is 0.320 e. The van der Waals surface area contributed by atoms with E-state index in [1.54, 1.807) is 11.9 Å². The SMILES string of the molecule is CC(CC#N)N(C)C(=O)N1CCCCCC1. The summed E-state index contributed by atoms with van der Waals surface area (Å²) in [5.74, 6) is 0. The van der Waals surface area contributed by atoms with Crippen LogP contribution in [-0.4, -0.2) is 42.0 Å². The van der Waals surface area contributed by atoms with Gasteiger partial charge in [-0.3, -0.25) is 0 Å². The summed E-state index contributed by atoms with van der Waals surface area (Å²) in [5, 5.41) is 8.62. The van der Waals surface area contributed by atoms with Gasteiger partial charge in [-0.05, 0) is 19.8 Å². The highest BCUT2D eigenvalue weighted by molar-refractivity contribution is 5.74. The van der Waals surface area contributed by atoms with Gasteiger partial charge < -0.3 is 9.80 Å². The maximum Gasteiger partial charge on any atom is 0.320 e. The molecule has 0 saturated carbocycles. The lowest BCUT2D eigenvalue weighted by Gasteiger charge is -2.30. The number of rotatable bonds is 2. The molecule has 0 aromatic heterocycles. The molecule has 1 saturated heterocycles. The average molecular weight is 223 g/mol. The van der Waals surface area contributed by atoms with Crippen molar-refractivity contribution in [3.63, 3.8) is 0 Å². The van der Waals surface area contributed by atoms with Crippen LogP contribution in [0.1, 0.15) is 39.0 Å². The second-order valence-corrected chi connectivity index (χ2v) is 4.51. The Balaban J connectivity index is 2.51. The van der Waals surface area contributed by atoms with Gasteiger partial charge in [0.1, 0.15) is 0 Å². The van der Waals surface area contributed by atoms with Gasteiger partial charge in [-0.1, -0.05) is 12.8 Å². The molecule has 1 aliphatic heterocycles. The molecule has 0 aromatic carbocycles. The topological polar surface area (TPSA) is 47.3 Å². The first kappa shape index (κ1) is 12.8. The Morgan fingerprint density at radius 1 is 1.38 bits per heavy atom. The summed E-state index contributed by atoms with van der Waals surface area (Å²) in [6, 6.07) is 2.18. The zero-order valence-corrected chi connectivity index (χ0v) is 10.3. The summed E-state index contributed by atoms with van der Waals surface area (Å²) >= 11 is 0. The number of hydrogen-bond acceptors (Lipinski definition) is 2. The molecule has 0 aliphatic carbocycles. The third kappa shape index (κ3) is 3.41. The van der Waals surface area contributed by atoms with Gasteiger partial charge in [-0.15, -0.1) is 0 Å². The van der Waals surface area contributed by atoms with Crippen LogP contribution >= 0.6 is 0 Å². The van der Waals surface area contributed by atoms with Gasteiger partial charge in [0.15, 0.2) is 0 Å². The molecule has 0 bridgehead atoms. The first-order valence-corrected chi connectivity index (χ1v) is 6.05. The molecule has 1 aliphatic rings. The van der Waals surface area contributed by atoms with E-state index in [2.05, 4.69) is 6.07 Å². The molecule has 1 heterocycles. The van der Waals surface area contributed by atoms with E-state index in [9.17, 15) is 4.79 Å². The van der Waals surface area contributed by atoms with Crippen LogP contribution in [0.25, 0.3) is 0 Å². The van der Waals surface area contributed by atoms with E-state index in [4.69, 9.17) is 5.26 Å². The van der Waals surface area contributed by atoms with E-state index >= 15 is 0 Å². The molecule has 1 rings (SSSR count). The Morgan fingerprint density at radius 2 is 1.94 bits per heavy atom. The molecular weight excluding hydrogens is 202 g/mol. The lowest BCUT2D eigenvalue weighted by molar-refractivity contribution is 0.151. The number of urea groups is 1. The van der Waals surface area contributed by atoms with Crippen LogP contribution in [0, 0.1) is 11.3 Å². The van der Waals surface area contributed by atoms with Crippen molar-refractivity contribution < 1.29 is 4.79 Å². The molecule has 0 radical (unpaired) electrons. The second kappa shape index (κ2) is 6.37. The lowest BCUT2D eigenvalue weighted by Crippen LogP contribution is -2.45. The molecule has 1 fully saturated rings. The van der Waals surface area contributed by atoms with Gasteiger partial charge in [0.2, 0.25) is 0 Å². The first-order valence-electron chi connectivity index (χ1n) is 6.05. The number of nitriles is 1. The fourth-order valence-corrected chi connectivity index (χ4v) is 1.94. The minimum Gasteiger partial charge on any atom is -0.325 e. The molecule has 1 atom stereocenters. The van der Waals surface area contributed by atoms with Gasteiger partial charge in [0, 0.05) is 26.2 Å². The third-order valence-corrected chi connectivity index (χ3v) is 3.23. The molecule has 0 spiro atoms. The summed E-state index contributed by atoms with van der Waals surface area (Å²) in [5.41, 5.74) is 0. The maximum atomic E-state index is 12.1. The van der Waals surface area contributed by atoms with Gasteiger partial charge in [-0.2, -0.15) is 5.26 Å². The largest absolute Gasteiger partial charge is 0.325 e. The van der Waals surface area contributed by atoms with E-state index in [1.807, 2.05) is 11.8 Å². The Hall–Kier alpha value is -1.24. The molecular formula is C12H21N3O. The van der Waals surface area contributed by atoms with E-state index in [0.29, 0.717) is 6.42 Å². The predicted octanol–water partition coefficient (Wildman–Crippen LogP) is 2.22. The second-order valence-electron chi connectivity index (χ2n) is 4.51. The summed E-state index contributed by atoms with van der Waals surface area (Å²) < 4.78 is 0. The van der Waals surface area contributed by atoms with Crippen LogP contribution in [0.5, 0.6) is 0 Å². The molecule has 16 heavy (non-hydrogen) atoms. The monoisotopic (exact) mass is 223 g/mol. The number of hydrogen-bond donors (Lipinski definition) is 0. The van der Waals surface area contributed by atoms with Crippen LogP contribution in [0.2, 0.25) is 0 Å². The zero-order valence-electron chi connectivity index (χ0n) is 10.3. The average Bonchev–Trinajstić information content (AvgIpc) is 2.56. The van der Waals surface area contributed by atoms with Crippen molar-refractivity contribution in [1.82, 2.24) is 9.80 Å². The molecule has 0 aromatic rings. The Bertz CT molecular complexity index is 264. The molecule has 2 amide bonds. The Morgan fingerprint density at radius 3 is 2.44 bits per heavy atom. The Kier molecular flexibility index (Phi) is 5.10. The highest BCUT2D eigenvalue weighted by atomic mass is 16.2. The van der Waals surface area contributed by atoms with Crippen molar-refractivity contribution in [2.75, 3.05) is 20.1 Å². The Labute approximate surface area is 97.8 Å².